The van der Waals surface area contributed by atoms with Crippen molar-refractivity contribution < 1.29 is 9.15 Å². The molecule has 1 aromatic carbocycles. The Morgan fingerprint density at radius 1 is 1.53 bits per heavy atom. The Morgan fingerprint density at radius 2 is 2.33 bits per heavy atom. The number of hydrogen-bond donors (Lipinski definition) is 0. The molecule has 2 aromatic rings. The van der Waals surface area contributed by atoms with Crippen LogP contribution < -0.4 is 4.74 Å². The number of aromatic nitrogens is 1. The smallest absolute Gasteiger partial charge is 0.192 e. The van der Waals surface area contributed by atoms with Crippen molar-refractivity contribution in [3.8, 4) is 5.75 Å². The molecule has 0 saturated heterocycles. The lowest BCUT2D eigenvalue weighted by Crippen LogP contribution is -1.92. The van der Waals surface area contributed by atoms with Crippen LogP contribution >= 0.6 is 0 Å². The third-order valence-corrected chi connectivity index (χ3v) is 2.30. The average molecular weight is 203 g/mol. The van der Waals surface area contributed by atoms with Gasteiger partial charge in [0.1, 0.15) is 11.3 Å². The van der Waals surface area contributed by atoms with Gasteiger partial charge >= 0.3 is 0 Å². The first-order valence-electron chi connectivity index (χ1n) is 4.80. The van der Waals surface area contributed by atoms with E-state index in [1.54, 1.807) is 7.11 Å². The largest absolute Gasteiger partial charge is 0.496 e. The van der Waals surface area contributed by atoms with Crippen molar-refractivity contribution in [3.05, 3.63) is 36.2 Å². The van der Waals surface area contributed by atoms with E-state index in [1.807, 2.05) is 25.1 Å². The molecule has 0 N–H and O–H groups in total. The summed E-state index contributed by atoms with van der Waals surface area (Å²) in [5.74, 6) is 1.50. The normalized spacial score (nSPS) is 10.5. The van der Waals surface area contributed by atoms with Gasteiger partial charge in [-0.1, -0.05) is 6.08 Å². The van der Waals surface area contributed by atoms with Gasteiger partial charge in [0.05, 0.1) is 7.11 Å². The van der Waals surface area contributed by atoms with Crippen LogP contribution in [-0.2, 0) is 6.42 Å². The van der Waals surface area contributed by atoms with E-state index in [1.165, 1.54) is 0 Å². The molecule has 0 unspecified atom stereocenters. The molecule has 3 nitrogen and oxygen atoms in total. The first-order valence-corrected chi connectivity index (χ1v) is 4.80. The molecule has 0 atom stereocenters. The van der Waals surface area contributed by atoms with E-state index in [4.69, 9.17) is 9.15 Å². The minimum Gasteiger partial charge on any atom is -0.496 e. The zero-order valence-corrected chi connectivity index (χ0v) is 8.91. The van der Waals surface area contributed by atoms with Gasteiger partial charge in [-0.05, 0) is 18.6 Å². The van der Waals surface area contributed by atoms with E-state index in [9.17, 15) is 0 Å². The highest BCUT2D eigenvalue weighted by molar-refractivity contribution is 5.79. The van der Waals surface area contributed by atoms with Crippen LogP contribution in [0.25, 0.3) is 11.1 Å². The summed E-state index contributed by atoms with van der Waals surface area (Å²) in [6, 6.07) is 3.77. The Kier molecular flexibility index (Phi) is 2.46. The number of hydrogen-bond acceptors (Lipinski definition) is 3. The molecule has 1 heterocycles. The van der Waals surface area contributed by atoms with E-state index in [0.29, 0.717) is 5.89 Å². The molecule has 0 aliphatic carbocycles. The Balaban J connectivity index is 2.71. The Morgan fingerprint density at radius 3 is 3.00 bits per heavy atom. The van der Waals surface area contributed by atoms with Crippen molar-refractivity contribution >= 4 is 11.1 Å². The average Bonchev–Trinajstić information content (AvgIpc) is 2.60. The summed E-state index contributed by atoms with van der Waals surface area (Å²) >= 11 is 0. The minimum absolute atomic E-state index is 0.670. The van der Waals surface area contributed by atoms with Gasteiger partial charge in [0, 0.05) is 12.5 Å². The van der Waals surface area contributed by atoms with E-state index >= 15 is 0 Å². The summed E-state index contributed by atoms with van der Waals surface area (Å²) in [6.07, 6.45) is 2.56. The quantitative estimate of drug-likeness (QED) is 0.719. The standard InChI is InChI=1S/C12H13NO2/c1-4-5-9-10(14-3)6-7-11-12(9)13-8(2)15-11/h4,6-7H,1,5H2,2-3H3. The zero-order valence-electron chi connectivity index (χ0n) is 8.91. The highest BCUT2D eigenvalue weighted by Gasteiger charge is 2.11. The molecule has 0 aliphatic rings. The molecule has 0 saturated carbocycles. The fourth-order valence-electron chi connectivity index (χ4n) is 1.67. The number of benzene rings is 1. The topological polar surface area (TPSA) is 35.3 Å². The molecule has 0 radical (unpaired) electrons. The third-order valence-electron chi connectivity index (χ3n) is 2.30. The van der Waals surface area contributed by atoms with Gasteiger partial charge in [-0.15, -0.1) is 6.58 Å². The van der Waals surface area contributed by atoms with Gasteiger partial charge in [-0.2, -0.15) is 0 Å². The minimum atomic E-state index is 0.670. The van der Waals surface area contributed by atoms with Crippen molar-refractivity contribution in [1.82, 2.24) is 4.98 Å². The number of ether oxygens (including phenoxy) is 1. The number of fused-ring (bicyclic) bond motifs is 1. The molecule has 1 aromatic heterocycles. The van der Waals surface area contributed by atoms with Crippen LogP contribution in [-0.4, -0.2) is 12.1 Å². The second-order valence-corrected chi connectivity index (χ2v) is 3.32. The van der Waals surface area contributed by atoms with Gasteiger partial charge in [-0.3, -0.25) is 0 Å². The summed E-state index contributed by atoms with van der Waals surface area (Å²) < 4.78 is 10.7. The van der Waals surface area contributed by atoms with Crippen molar-refractivity contribution in [3.63, 3.8) is 0 Å². The SMILES string of the molecule is C=CCc1c(OC)ccc2oc(C)nc12. The van der Waals surface area contributed by atoms with Gasteiger partial charge in [0.2, 0.25) is 0 Å². The Hall–Kier alpha value is -1.77. The molecule has 0 spiro atoms. The highest BCUT2D eigenvalue weighted by atomic mass is 16.5. The Bertz CT molecular complexity index is 500. The van der Waals surface area contributed by atoms with Gasteiger partial charge in [0.15, 0.2) is 11.5 Å². The van der Waals surface area contributed by atoms with Crippen LogP contribution in [0.4, 0.5) is 0 Å². The zero-order chi connectivity index (χ0) is 10.8. The van der Waals surface area contributed by atoms with Crippen LogP contribution in [0.2, 0.25) is 0 Å². The molecular weight excluding hydrogens is 190 g/mol. The predicted molar refractivity (Wildman–Crippen MR) is 59.2 cm³/mol. The van der Waals surface area contributed by atoms with Gasteiger partial charge in [-0.25, -0.2) is 4.98 Å². The van der Waals surface area contributed by atoms with Crippen LogP contribution in [0.1, 0.15) is 11.5 Å². The van der Waals surface area contributed by atoms with Crippen molar-refractivity contribution in [2.45, 2.75) is 13.3 Å². The Labute approximate surface area is 88.4 Å². The van der Waals surface area contributed by atoms with E-state index in [2.05, 4.69) is 11.6 Å². The lowest BCUT2D eigenvalue weighted by Gasteiger charge is -2.05. The second-order valence-electron chi connectivity index (χ2n) is 3.32. The maximum Gasteiger partial charge on any atom is 0.192 e. The van der Waals surface area contributed by atoms with Crippen molar-refractivity contribution in [2.75, 3.05) is 7.11 Å². The fourth-order valence-corrected chi connectivity index (χ4v) is 1.67. The molecule has 3 heteroatoms. The van der Waals surface area contributed by atoms with E-state index < -0.39 is 0 Å². The van der Waals surface area contributed by atoms with Crippen LogP contribution in [0.3, 0.4) is 0 Å². The first-order chi connectivity index (χ1) is 7.26. The van der Waals surface area contributed by atoms with E-state index in [-0.39, 0.29) is 0 Å². The molecule has 2 rings (SSSR count). The van der Waals surface area contributed by atoms with E-state index in [0.717, 1.165) is 28.8 Å². The molecule has 78 valence electrons. The fraction of sp³-hybridized carbons (Fsp3) is 0.250. The maximum atomic E-state index is 5.45. The summed E-state index contributed by atoms with van der Waals surface area (Å²) in [5, 5.41) is 0. The summed E-state index contributed by atoms with van der Waals surface area (Å²) in [5.41, 5.74) is 2.69. The lowest BCUT2D eigenvalue weighted by molar-refractivity contribution is 0.411. The third kappa shape index (κ3) is 1.61. The number of allylic oxidation sites excluding steroid dienone is 1. The lowest BCUT2D eigenvalue weighted by atomic mass is 10.1. The number of methoxy groups -OCH3 is 1. The molecule has 15 heavy (non-hydrogen) atoms. The number of rotatable bonds is 3. The van der Waals surface area contributed by atoms with Crippen molar-refractivity contribution in [1.29, 1.82) is 0 Å². The van der Waals surface area contributed by atoms with Gasteiger partial charge < -0.3 is 9.15 Å². The highest BCUT2D eigenvalue weighted by Crippen LogP contribution is 2.28. The van der Waals surface area contributed by atoms with Gasteiger partial charge in [0.25, 0.3) is 0 Å². The maximum absolute atomic E-state index is 5.45. The number of aryl methyl sites for hydroxylation is 1. The number of nitrogens with zero attached hydrogens (tertiary/aromatic N) is 1. The van der Waals surface area contributed by atoms with Crippen molar-refractivity contribution in [2.24, 2.45) is 0 Å². The summed E-state index contributed by atoms with van der Waals surface area (Å²) in [4.78, 5) is 4.35. The second kappa shape index (κ2) is 3.77. The molecular formula is C12H13NO2. The monoisotopic (exact) mass is 203 g/mol. The number of oxazole rings is 1. The van der Waals surface area contributed by atoms with Crippen LogP contribution in [0.5, 0.6) is 5.75 Å². The van der Waals surface area contributed by atoms with Crippen LogP contribution in [0.15, 0.2) is 29.2 Å². The predicted octanol–water partition coefficient (Wildman–Crippen LogP) is 2.87. The first kappa shape index (κ1) is 9.77. The molecule has 0 amide bonds. The van der Waals surface area contributed by atoms with Crippen LogP contribution in [0, 0.1) is 6.92 Å². The summed E-state index contributed by atoms with van der Waals surface area (Å²) in [6.45, 7) is 5.57. The molecule has 0 bridgehead atoms. The molecule has 0 fully saturated rings. The molecule has 0 aliphatic heterocycles. The summed E-state index contributed by atoms with van der Waals surface area (Å²) in [7, 11) is 1.65.